The molecular weight excluding hydrogens is 401 g/mol. The van der Waals surface area contributed by atoms with E-state index in [-0.39, 0.29) is 29.5 Å². The predicted octanol–water partition coefficient (Wildman–Crippen LogP) is 1.42. The second-order valence-corrected chi connectivity index (χ2v) is 7.69. The molecule has 0 amide bonds. The van der Waals surface area contributed by atoms with E-state index in [9.17, 15) is 22.9 Å². The molecule has 3 N–H and O–H groups in total. The molecule has 0 saturated carbocycles. The lowest BCUT2D eigenvalue weighted by Gasteiger charge is -2.13. The molecule has 0 saturated heterocycles. The van der Waals surface area contributed by atoms with Crippen LogP contribution in [0.3, 0.4) is 0 Å². The van der Waals surface area contributed by atoms with Gasteiger partial charge in [0.05, 0.1) is 9.82 Å². The highest BCUT2D eigenvalue weighted by Gasteiger charge is 2.17. The van der Waals surface area contributed by atoms with E-state index in [1.54, 1.807) is 25.2 Å². The topological polar surface area (TPSA) is 126 Å². The van der Waals surface area contributed by atoms with Crippen LogP contribution in [0.1, 0.15) is 5.56 Å². The molecule has 0 unspecified atom stereocenters. The third-order valence-corrected chi connectivity index (χ3v) is 5.38. The van der Waals surface area contributed by atoms with E-state index in [0.717, 1.165) is 6.07 Å². The van der Waals surface area contributed by atoms with Gasteiger partial charge in [-0.1, -0.05) is 24.3 Å². The first kappa shape index (κ1) is 22.2. The van der Waals surface area contributed by atoms with Crippen LogP contribution in [0.25, 0.3) is 0 Å². The minimum Gasteiger partial charge on any atom is -0.356 e. The molecule has 29 heavy (non-hydrogen) atoms. The number of nitro benzene ring substituents is 1. The Morgan fingerprint density at radius 3 is 2.52 bits per heavy atom. The van der Waals surface area contributed by atoms with Gasteiger partial charge in [0, 0.05) is 38.8 Å². The average Bonchev–Trinajstić information content (AvgIpc) is 2.71. The fourth-order valence-corrected chi connectivity index (χ4v) is 3.52. The van der Waals surface area contributed by atoms with Crippen molar-refractivity contribution < 1.29 is 17.7 Å². The van der Waals surface area contributed by atoms with Crippen LogP contribution in [-0.2, 0) is 16.4 Å². The number of halogens is 1. The van der Waals surface area contributed by atoms with E-state index >= 15 is 0 Å². The number of rotatable bonds is 9. The highest BCUT2D eigenvalue weighted by molar-refractivity contribution is 7.89. The molecule has 0 aliphatic heterocycles. The number of nitrogens with zero attached hydrogens (tertiary/aromatic N) is 2. The number of aliphatic imine (C=N–C) groups is 1. The minimum atomic E-state index is -3.88. The summed E-state index contributed by atoms with van der Waals surface area (Å²) in [5.74, 6) is 0.170. The lowest BCUT2D eigenvalue weighted by atomic mass is 10.1. The Labute approximate surface area is 168 Å². The smallest absolute Gasteiger partial charge is 0.270 e. The van der Waals surface area contributed by atoms with E-state index in [4.69, 9.17) is 0 Å². The van der Waals surface area contributed by atoms with Crippen LogP contribution in [0.5, 0.6) is 0 Å². The molecule has 0 radical (unpaired) electrons. The van der Waals surface area contributed by atoms with Crippen LogP contribution in [0.4, 0.5) is 10.1 Å². The Kier molecular flexibility index (Phi) is 8.04. The first-order chi connectivity index (χ1) is 13.8. The van der Waals surface area contributed by atoms with Crippen molar-refractivity contribution in [3.05, 3.63) is 70.0 Å². The molecule has 0 aliphatic rings. The number of benzene rings is 2. The van der Waals surface area contributed by atoms with Crippen LogP contribution >= 0.6 is 0 Å². The number of nitro groups is 1. The molecule has 2 aromatic carbocycles. The van der Waals surface area contributed by atoms with E-state index in [1.165, 1.54) is 24.3 Å². The monoisotopic (exact) mass is 423 g/mol. The van der Waals surface area contributed by atoms with Crippen molar-refractivity contribution in [3.8, 4) is 0 Å². The molecule has 2 aromatic rings. The van der Waals surface area contributed by atoms with Crippen molar-refractivity contribution in [1.82, 2.24) is 15.4 Å². The Hall–Kier alpha value is -3.05. The van der Waals surface area contributed by atoms with Crippen molar-refractivity contribution in [2.75, 3.05) is 26.7 Å². The summed E-state index contributed by atoms with van der Waals surface area (Å²) in [6.07, 6.45) is 0.465. The van der Waals surface area contributed by atoms with Gasteiger partial charge in [-0.2, -0.15) is 0 Å². The van der Waals surface area contributed by atoms with E-state index in [2.05, 4.69) is 20.3 Å². The molecule has 9 nitrogen and oxygen atoms in total. The van der Waals surface area contributed by atoms with Crippen LogP contribution < -0.4 is 15.4 Å². The van der Waals surface area contributed by atoms with Crippen molar-refractivity contribution in [2.24, 2.45) is 4.99 Å². The second kappa shape index (κ2) is 10.5. The number of non-ortho nitro benzene ring substituents is 1. The number of nitrogens with one attached hydrogen (secondary N) is 3. The Balaban J connectivity index is 1.78. The molecular formula is C18H22FN5O4S. The number of sulfonamides is 1. The molecule has 11 heteroatoms. The second-order valence-electron chi connectivity index (χ2n) is 5.92. The maximum Gasteiger partial charge on any atom is 0.270 e. The highest BCUT2D eigenvalue weighted by Crippen LogP contribution is 2.16. The number of guanidine groups is 1. The highest BCUT2D eigenvalue weighted by atomic mass is 32.2. The quantitative estimate of drug-likeness (QED) is 0.184. The molecule has 0 bridgehead atoms. The maximum absolute atomic E-state index is 13.6. The van der Waals surface area contributed by atoms with Gasteiger partial charge in [0.1, 0.15) is 5.82 Å². The predicted molar refractivity (Wildman–Crippen MR) is 108 cm³/mol. The van der Waals surface area contributed by atoms with Crippen molar-refractivity contribution in [2.45, 2.75) is 11.3 Å². The lowest BCUT2D eigenvalue weighted by molar-refractivity contribution is -0.385. The summed E-state index contributed by atoms with van der Waals surface area (Å²) in [5, 5.41) is 16.7. The zero-order valence-electron chi connectivity index (χ0n) is 15.8. The zero-order chi connectivity index (χ0) is 21.3. The van der Waals surface area contributed by atoms with Gasteiger partial charge in [-0.05, 0) is 24.1 Å². The molecule has 0 fully saturated rings. The lowest BCUT2D eigenvalue weighted by Crippen LogP contribution is -2.42. The number of hydrogen-bond donors (Lipinski definition) is 3. The van der Waals surface area contributed by atoms with Gasteiger partial charge in [0.25, 0.3) is 5.69 Å². The summed E-state index contributed by atoms with van der Waals surface area (Å²) in [4.78, 5) is 14.0. The van der Waals surface area contributed by atoms with Gasteiger partial charge >= 0.3 is 0 Å². The van der Waals surface area contributed by atoms with E-state index < -0.39 is 14.9 Å². The van der Waals surface area contributed by atoms with Crippen molar-refractivity contribution >= 4 is 21.7 Å². The molecule has 0 atom stereocenters. The Morgan fingerprint density at radius 2 is 1.83 bits per heavy atom. The van der Waals surface area contributed by atoms with Gasteiger partial charge in [0.2, 0.25) is 10.0 Å². The van der Waals surface area contributed by atoms with Crippen LogP contribution in [0.15, 0.2) is 58.4 Å². The SMILES string of the molecule is CN=C(NCCNS(=O)(=O)c1cccc([N+](=O)[O-])c1)NCCc1ccccc1F. The van der Waals surface area contributed by atoms with E-state index in [0.29, 0.717) is 24.5 Å². The normalized spacial score (nSPS) is 11.9. The fraction of sp³-hybridized carbons (Fsp3) is 0.278. The summed E-state index contributed by atoms with van der Waals surface area (Å²) in [6.45, 7) is 0.715. The van der Waals surface area contributed by atoms with Crippen molar-refractivity contribution in [1.29, 1.82) is 0 Å². The third kappa shape index (κ3) is 6.80. The molecule has 156 valence electrons. The first-order valence-corrected chi connectivity index (χ1v) is 10.2. The molecule has 0 aliphatic carbocycles. The van der Waals surface area contributed by atoms with Gasteiger partial charge < -0.3 is 10.6 Å². The van der Waals surface area contributed by atoms with Gasteiger partial charge in [-0.15, -0.1) is 0 Å². The van der Waals surface area contributed by atoms with Crippen LogP contribution in [0.2, 0.25) is 0 Å². The largest absolute Gasteiger partial charge is 0.356 e. The standard InChI is InChI=1S/C18H22FN5O4S/c1-20-18(21-10-9-14-5-2-3-8-17(14)19)22-11-12-23-29(27,28)16-7-4-6-15(13-16)24(25)26/h2-8,13,23H,9-12H2,1H3,(H2,20,21,22). The zero-order valence-corrected chi connectivity index (χ0v) is 16.6. The maximum atomic E-state index is 13.6. The van der Waals surface area contributed by atoms with Gasteiger partial charge in [0.15, 0.2) is 5.96 Å². The summed E-state index contributed by atoms with van der Waals surface area (Å²) in [6, 6.07) is 11.3. The number of hydrogen-bond acceptors (Lipinski definition) is 5. The Bertz CT molecular complexity index is 982. The summed E-state index contributed by atoms with van der Waals surface area (Å²) in [7, 11) is -2.31. The summed E-state index contributed by atoms with van der Waals surface area (Å²) < 4.78 is 40.4. The van der Waals surface area contributed by atoms with Gasteiger partial charge in [-0.3, -0.25) is 15.1 Å². The Morgan fingerprint density at radius 1 is 1.10 bits per heavy atom. The van der Waals surface area contributed by atoms with E-state index in [1.807, 2.05) is 0 Å². The molecule has 0 aromatic heterocycles. The average molecular weight is 423 g/mol. The van der Waals surface area contributed by atoms with Crippen LogP contribution in [-0.4, -0.2) is 46.0 Å². The van der Waals surface area contributed by atoms with Crippen LogP contribution in [0, 0.1) is 15.9 Å². The fourth-order valence-electron chi connectivity index (χ4n) is 2.45. The molecule has 0 spiro atoms. The first-order valence-electron chi connectivity index (χ1n) is 8.75. The summed E-state index contributed by atoms with van der Waals surface area (Å²) >= 11 is 0. The summed E-state index contributed by atoms with van der Waals surface area (Å²) in [5.41, 5.74) is 0.283. The molecule has 0 heterocycles. The van der Waals surface area contributed by atoms with Gasteiger partial charge in [-0.25, -0.2) is 17.5 Å². The molecule has 2 rings (SSSR count). The third-order valence-electron chi connectivity index (χ3n) is 3.92. The van der Waals surface area contributed by atoms with Crippen molar-refractivity contribution in [3.63, 3.8) is 0 Å². The minimum absolute atomic E-state index is 0.0407.